The van der Waals surface area contributed by atoms with E-state index in [-0.39, 0.29) is 5.91 Å². The van der Waals surface area contributed by atoms with E-state index in [4.69, 9.17) is 4.74 Å². The topological polar surface area (TPSA) is 61.5 Å². The van der Waals surface area contributed by atoms with Gasteiger partial charge in [-0.25, -0.2) is 0 Å². The third kappa shape index (κ3) is 4.52. The number of carbonyl (C=O) groups is 1. The van der Waals surface area contributed by atoms with Crippen molar-refractivity contribution < 1.29 is 9.53 Å². The molecule has 6 nitrogen and oxygen atoms in total. The molecule has 1 aromatic carbocycles. The molecule has 3 heterocycles. The van der Waals surface area contributed by atoms with Crippen molar-refractivity contribution in [1.82, 2.24) is 20.0 Å². The summed E-state index contributed by atoms with van der Waals surface area (Å²) in [6.07, 6.45) is 2.53. The first-order chi connectivity index (χ1) is 15.1. The SMILES string of the molecule is Cc1ccsc1C(=O)N1CCOc2ccc(CN(C)Cc3cc(C4CC4)n[nH]3)cc2C1. The summed E-state index contributed by atoms with van der Waals surface area (Å²) in [5.41, 5.74) is 5.69. The summed E-state index contributed by atoms with van der Waals surface area (Å²) in [6.45, 7) is 5.34. The molecule has 1 amide bonds. The van der Waals surface area contributed by atoms with Crippen LogP contribution in [0.2, 0.25) is 0 Å². The number of hydrogen-bond acceptors (Lipinski definition) is 5. The molecule has 0 spiro atoms. The second-order valence-corrected chi connectivity index (χ2v) is 9.63. The van der Waals surface area contributed by atoms with Crippen LogP contribution in [0.5, 0.6) is 5.75 Å². The van der Waals surface area contributed by atoms with E-state index in [1.54, 1.807) is 0 Å². The maximum Gasteiger partial charge on any atom is 0.264 e. The minimum absolute atomic E-state index is 0.0946. The van der Waals surface area contributed by atoms with Crippen molar-refractivity contribution in [2.75, 3.05) is 20.2 Å². The van der Waals surface area contributed by atoms with E-state index < -0.39 is 0 Å². The molecule has 0 radical (unpaired) electrons. The molecule has 3 aromatic rings. The van der Waals surface area contributed by atoms with Gasteiger partial charge in [0.05, 0.1) is 17.1 Å². The van der Waals surface area contributed by atoms with Crippen molar-refractivity contribution in [3.05, 3.63) is 68.7 Å². The number of thiophene rings is 1. The summed E-state index contributed by atoms with van der Waals surface area (Å²) in [4.78, 5) is 18.0. The molecule has 5 rings (SSSR count). The zero-order valence-electron chi connectivity index (χ0n) is 18.1. The molecule has 0 saturated heterocycles. The Morgan fingerprint density at radius 3 is 2.94 bits per heavy atom. The van der Waals surface area contributed by atoms with Gasteiger partial charge >= 0.3 is 0 Å². The summed E-state index contributed by atoms with van der Waals surface area (Å²) >= 11 is 1.51. The highest BCUT2D eigenvalue weighted by atomic mass is 32.1. The molecule has 1 aliphatic carbocycles. The van der Waals surface area contributed by atoms with E-state index in [0.717, 1.165) is 40.5 Å². The number of ether oxygens (including phenoxy) is 1. The maximum atomic E-state index is 13.0. The number of aromatic nitrogens is 2. The van der Waals surface area contributed by atoms with Crippen LogP contribution in [0.25, 0.3) is 0 Å². The van der Waals surface area contributed by atoms with E-state index in [1.165, 1.54) is 35.4 Å². The largest absolute Gasteiger partial charge is 0.491 e. The Balaban J connectivity index is 1.27. The highest BCUT2D eigenvalue weighted by Crippen LogP contribution is 2.39. The Hall–Kier alpha value is -2.64. The summed E-state index contributed by atoms with van der Waals surface area (Å²) in [6, 6.07) is 10.6. The third-order valence-corrected chi connectivity index (χ3v) is 6.99. The average Bonchev–Trinajstić information content (AvgIpc) is 3.41. The minimum atomic E-state index is 0.0946. The molecule has 31 heavy (non-hydrogen) atoms. The molecule has 0 bridgehead atoms. The van der Waals surface area contributed by atoms with Crippen molar-refractivity contribution in [3.63, 3.8) is 0 Å². The number of amides is 1. The predicted octanol–water partition coefficient (Wildman–Crippen LogP) is 4.32. The summed E-state index contributed by atoms with van der Waals surface area (Å²) in [7, 11) is 2.12. The Kier molecular flexibility index (Phi) is 5.54. The zero-order chi connectivity index (χ0) is 21.4. The number of nitrogens with one attached hydrogen (secondary N) is 1. The number of H-pyrrole nitrogens is 1. The average molecular weight is 437 g/mol. The number of aryl methyl sites for hydroxylation is 1. The Bertz CT molecular complexity index is 1080. The van der Waals surface area contributed by atoms with E-state index in [2.05, 4.69) is 40.3 Å². The van der Waals surface area contributed by atoms with Crippen LogP contribution in [-0.4, -0.2) is 46.1 Å². The van der Waals surface area contributed by atoms with Gasteiger partial charge in [0.15, 0.2) is 0 Å². The molecule has 7 heteroatoms. The van der Waals surface area contributed by atoms with Crippen LogP contribution in [0.4, 0.5) is 0 Å². The lowest BCUT2D eigenvalue weighted by Crippen LogP contribution is -2.32. The molecule has 1 fully saturated rings. The molecule has 1 N–H and O–H groups in total. The van der Waals surface area contributed by atoms with Gasteiger partial charge in [0.1, 0.15) is 12.4 Å². The number of nitrogens with zero attached hydrogens (tertiary/aromatic N) is 3. The number of aromatic amines is 1. The lowest BCUT2D eigenvalue weighted by molar-refractivity contribution is 0.0737. The zero-order valence-corrected chi connectivity index (χ0v) is 18.9. The lowest BCUT2D eigenvalue weighted by Gasteiger charge is -2.20. The second kappa shape index (κ2) is 8.48. The number of benzene rings is 1. The Labute approximate surface area is 186 Å². The molecule has 1 saturated carbocycles. The van der Waals surface area contributed by atoms with Crippen LogP contribution in [0.15, 0.2) is 35.7 Å². The van der Waals surface area contributed by atoms with Crippen LogP contribution in [0.3, 0.4) is 0 Å². The van der Waals surface area contributed by atoms with Gasteiger partial charge in [-0.15, -0.1) is 11.3 Å². The van der Waals surface area contributed by atoms with Crippen LogP contribution in [0, 0.1) is 6.92 Å². The fourth-order valence-electron chi connectivity index (χ4n) is 4.16. The summed E-state index contributed by atoms with van der Waals surface area (Å²) in [5.74, 6) is 1.65. The number of fused-ring (bicyclic) bond motifs is 1. The van der Waals surface area contributed by atoms with Crippen LogP contribution in [-0.2, 0) is 19.6 Å². The molecule has 1 aliphatic heterocycles. The van der Waals surface area contributed by atoms with Gasteiger partial charge in [-0.3, -0.25) is 14.8 Å². The molecular formula is C24H28N4O2S. The first-order valence-electron chi connectivity index (χ1n) is 10.9. The summed E-state index contributed by atoms with van der Waals surface area (Å²) in [5, 5.41) is 9.62. The maximum absolute atomic E-state index is 13.0. The number of carbonyl (C=O) groups excluding carboxylic acids is 1. The first kappa shape index (κ1) is 20.3. The number of rotatable bonds is 6. The van der Waals surface area contributed by atoms with Gasteiger partial charge < -0.3 is 9.64 Å². The lowest BCUT2D eigenvalue weighted by atomic mass is 10.1. The van der Waals surface area contributed by atoms with E-state index in [1.807, 2.05) is 29.3 Å². The minimum Gasteiger partial charge on any atom is -0.491 e. The van der Waals surface area contributed by atoms with Crippen LogP contribution in [0.1, 0.15) is 56.5 Å². The molecule has 2 aliphatic rings. The predicted molar refractivity (Wildman–Crippen MR) is 121 cm³/mol. The molecule has 162 valence electrons. The van der Waals surface area contributed by atoms with Crippen molar-refractivity contribution in [3.8, 4) is 5.75 Å². The van der Waals surface area contributed by atoms with Gasteiger partial charge in [0.25, 0.3) is 5.91 Å². The van der Waals surface area contributed by atoms with Gasteiger partial charge in [0, 0.05) is 36.8 Å². The smallest absolute Gasteiger partial charge is 0.264 e. The van der Waals surface area contributed by atoms with Gasteiger partial charge in [-0.05, 0) is 67.6 Å². The normalized spacial score (nSPS) is 16.2. The summed E-state index contributed by atoms with van der Waals surface area (Å²) < 4.78 is 5.95. The van der Waals surface area contributed by atoms with E-state index in [0.29, 0.717) is 25.6 Å². The van der Waals surface area contributed by atoms with Crippen LogP contribution >= 0.6 is 11.3 Å². The quantitative estimate of drug-likeness (QED) is 0.625. The standard InChI is InChI=1S/C24H28N4O2S/c1-16-7-10-31-23(16)24(29)28-8-9-30-22-6-3-17(11-19(22)14-28)13-27(2)15-20-12-21(26-25-20)18-4-5-18/h3,6-7,10-12,18H,4-5,8-9,13-15H2,1-2H3,(H,25,26). The molecule has 0 unspecified atom stereocenters. The monoisotopic (exact) mass is 436 g/mol. The van der Waals surface area contributed by atoms with E-state index >= 15 is 0 Å². The highest BCUT2D eigenvalue weighted by Gasteiger charge is 2.26. The van der Waals surface area contributed by atoms with Crippen molar-refractivity contribution >= 4 is 17.2 Å². The molecule has 0 atom stereocenters. The number of hydrogen-bond donors (Lipinski definition) is 1. The highest BCUT2D eigenvalue weighted by molar-refractivity contribution is 7.12. The van der Waals surface area contributed by atoms with Gasteiger partial charge in [0.2, 0.25) is 0 Å². The fourth-order valence-corrected chi connectivity index (χ4v) is 5.05. The van der Waals surface area contributed by atoms with Crippen molar-refractivity contribution in [1.29, 1.82) is 0 Å². The molecular weight excluding hydrogens is 408 g/mol. The second-order valence-electron chi connectivity index (χ2n) is 8.71. The first-order valence-corrected chi connectivity index (χ1v) is 11.8. The van der Waals surface area contributed by atoms with Crippen LogP contribution < -0.4 is 4.74 Å². The van der Waals surface area contributed by atoms with Crippen molar-refractivity contribution in [2.24, 2.45) is 0 Å². The van der Waals surface area contributed by atoms with Crippen molar-refractivity contribution in [2.45, 2.75) is 45.3 Å². The van der Waals surface area contributed by atoms with Gasteiger partial charge in [-0.2, -0.15) is 5.10 Å². The van der Waals surface area contributed by atoms with E-state index in [9.17, 15) is 4.79 Å². The Morgan fingerprint density at radius 1 is 1.29 bits per heavy atom. The van der Waals surface area contributed by atoms with Gasteiger partial charge in [-0.1, -0.05) is 6.07 Å². The third-order valence-electron chi connectivity index (χ3n) is 5.99. The Morgan fingerprint density at radius 2 is 2.16 bits per heavy atom. The molecule has 2 aromatic heterocycles. The fraction of sp³-hybridized carbons (Fsp3) is 0.417.